The Morgan fingerprint density at radius 3 is 2.39 bits per heavy atom. The number of aromatic nitrogens is 2. The highest BCUT2D eigenvalue weighted by Gasteiger charge is 2.11. The third kappa shape index (κ3) is 5.33. The number of carbonyl (C=O) groups is 1. The van der Waals surface area contributed by atoms with Gasteiger partial charge in [-0.25, -0.2) is 0 Å². The van der Waals surface area contributed by atoms with Crippen molar-refractivity contribution in [2.75, 3.05) is 16.4 Å². The molecular formula is C21H24N4OS2. The van der Waals surface area contributed by atoms with Gasteiger partial charge in [0.25, 0.3) is 0 Å². The standard InChI is InChI=1S/C21H24N4OS2/c1-5-16-6-8-17(9-7-16)22-20-24-25-21(28-20)27-12-18(26)23-19-14(3)10-13(2)11-15(19)4/h6-11H,5,12H2,1-4H3,(H,22,24)(H,23,26). The summed E-state index contributed by atoms with van der Waals surface area (Å²) in [7, 11) is 0. The van der Waals surface area contributed by atoms with E-state index in [2.05, 4.69) is 58.9 Å². The molecule has 7 heteroatoms. The molecule has 1 aromatic heterocycles. The largest absolute Gasteiger partial charge is 0.330 e. The minimum absolute atomic E-state index is 0.0417. The van der Waals surface area contributed by atoms with Crippen LogP contribution in [0.4, 0.5) is 16.5 Å². The summed E-state index contributed by atoms with van der Waals surface area (Å²) in [5, 5.41) is 15.3. The first kappa shape index (κ1) is 20.4. The number of hydrogen-bond acceptors (Lipinski definition) is 6. The van der Waals surface area contributed by atoms with E-state index in [1.54, 1.807) is 0 Å². The summed E-state index contributed by atoms with van der Waals surface area (Å²) < 4.78 is 0.764. The fourth-order valence-electron chi connectivity index (χ4n) is 2.95. The summed E-state index contributed by atoms with van der Waals surface area (Å²) in [4.78, 5) is 12.3. The van der Waals surface area contributed by atoms with Gasteiger partial charge in [-0.1, -0.05) is 59.9 Å². The van der Waals surface area contributed by atoms with E-state index < -0.39 is 0 Å². The lowest BCUT2D eigenvalue weighted by atomic mass is 10.1. The zero-order valence-corrected chi connectivity index (χ0v) is 18.1. The van der Waals surface area contributed by atoms with Gasteiger partial charge < -0.3 is 10.6 Å². The van der Waals surface area contributed by atoms with Crippen molar-refractivity contribution in [2.45, 2.75) is 38.5 Å². The molecule has 1 heterocycles. The molecule has 0 unspecified atom stereocenters. The lowest BCUT2D eigenvalue weighted by molar-refractivity contribution is -0.113. The number of rotatable bonds is 7. The maximum Gasteiger partial charge on any atom is 0.234 e. The molecule has 0 bridgehead atoms. The summed E-state index contributed by atoms with van der Waals surface area (Å²) in [5.41, 5.74) is 6.52. The van der Waals surface area contributed by atoms with Crippen molar-refractivity contribution >= 4 is 45.5 Å². The molecule has 2 N–H and O–H groups in total. The molecule has 3 rings (SSSR count). The van der Waals surface area contributed by atoms with Gasteiger partial charge in [0.05, 0.1) is 5.75 Å². The van der Waals surface area contributed by atoms with E-state index in [0.29, 0.717) is 5.75 Å². The summed E-state index contributed by atoms with van der Waals surface area (Å²) in [6, 6.07) is 12.4. The molecule has 0 saturated carbocycles. The van der Waals surface area contributed by atoms with Crippen LogP contribution in [-0.2, 0) is 11.2 Å². The van der Waals surface area contributed by atoms with E-state index in [-0.39, 0.29) is 5.91 Å². The fourth-order valence-corrected chi connectivity index (χ4v) is 4.52. The van der Waals surface area contributed by atoms with Crippen LogP contribution in [0.1, 0.15) is 29.2 Å². The molecule has 28 heavy (non-hydrogen) atoms. The van der Waals surface area contributed by atoms with E-state index in [4.69, 9.17) is 0 Å². The molecule has 0 fully saturated rings. The Morgan fingerprint density at radius 2 is 1.75 bits per heavy atom. The van der Waals surface area contributed by atoms with E-state index in [0.717, 1.165) is 38.4 Å². The Hall–Kier alpha value is -2.38. The normalized spacial score (nSPS) is 10.7. The maximum atomic E-state index is 12.3. The minimum atomic E-state index is -0.0417. The molecule has 3 aromatic rings. The number of aryl methyl sites for hydroxylation is 4. The number of carbonyl (C=O) groups excluding carboxylic acids is 1. The fraction of sp³-hybridized carbons (Fsp3) is 0.286. The van der Waals surface area contributed by atoms with E-state index in [9.17, 15) is 4.79 Å². The smallest absolute Gasteiger partial charge is 0.234 e. The predicted octanol–water partition coefficient (Wildman–Crippen LogP) is 5.50. The Labute approximate surface area is 174 Å². The Balaban J connectivity index is 1.54. The second-order valence-corrected chi connectivity index (χ2v) is 8.86. The Kier molecular flexibility index (Phi) is 6.70. The molecule has 0 spiro atoms. The number of nitrogens with one attached hydrogen (secondary N) is 2. The zero-order chi connectivity index (χ0) is 20.1. The number of thioether (sulfide) groups is 1. The molecule has 0 atom stereocenters. The van der Waals surface area contributed by atoms with Crippen molar-refractivity contribution in [1.82, 2.24) is 10.2 Å². The van der Waals surface area contributed by atoms with E-state index in [1.807, 2.05) is 26.0 Å². The van der Waals surface area contributed by atoms with Crippen LogP contribution in [0.5, 0.6) is 0 Å². The molecular weight excluding hydrogens is 388 g/mol. The molecule has 1 amide bonds. The van der Waals surface area contributed by atoms with Crippen molar-refractivity contribution in [3.05, 3.63) is 58.7 Å². The third-order valence-electron chi connectivity index (χ3n) is 4.29. The van der Waals surface area contributed by atoms with Gasteiger partial charge in [-0.05, 0) is 56.0 Å². The number of benzene rings is 2. The van der Waals surface area contributed by atoms with Crippen LogP contribution < -0.4 is 10.6 Å². The first-order valence-electron chi connectivity index (χ1n) is 9.14. The Morgan fingerprint density at radius 1 is 1.07 bits per heavy atom. The van der Waals surface area contributed by atoms with Gasteiger partial charge in [0.2, 0.25) is 11.0 Å². The SMILES string of the molecule is CCc1ccc(Nc2nnc(SCC(=O)Nc3c(C)cc(C)cc3C)s2)cc1. The minimum Gasteiger partial charge on any atom is -0.330 e. The van der Waals surface area contributed by atoms with Crippen LogP contribution in [0, 0.1) is 20.8 Å². The van der Waals surface area contributed by atoms with Crippen molar-refractivity contribution in [2.24, 2.45) is 0 Å². The molecule has 0 aliphatic heterocycles. The van der Waals surface area contributed by atoms with Gasteiger partial charge in [-0.3, -0.25) is 4.79 Å². The van der Waals surface area contributed by atoms with Crippen molar-refractivity contribution < 1.29 is 4.79 Å². The van der Waals surface area contributed by atoms with Gasteiger partial charge >= 0.3 is 0 Å². The average molecular weight is 413 g/mol. The highest BCUT2D eigenvalue weighted by molar-refractivity contribution is 8.01. The quantitative estimate of drug-likeness (QED) is 0.502. The maximum absolute atomic E-state index is 12.3. The molecule has 0 aliphatic rings. The summed E-state index contributed by atoms with van der Waals surface area (Å²) >= 11 is 2.84. The lowest BCUT2D eigenvalue weighted by Crippen LogP contribution is -2.15. The molecule has 2 aromatic carbocycles. The molecule has 0 aliphatic carbocycles. The van der Waals surface area contributed by atoms with Crippen LogP contribution in [-0.4, -0.2) is 21.9 Å². The van der Waals surface area contributed by atoms with Crippen molar-refractivity contribution in [3.63, 3.8) is 0 Å². The van der Waals surface area contributed by atoms with Crippen LogP contribution in [0.2, 0.25) is 0 Å². The van der Waals surface area contributed by atoms with E-state index in [1.165, 1.54) is 34.2 Å². The summed E-state index contributed by atoms with van der Waals surface area (Å²) in [6.07, 6.45) is 1.02. The van der Waals surface area contributed by atoms with Gasteiger partial charge in [0, 0.05) is 11.4 Å². The second kappa shape index (κ2) is 9.21. The average Bonchev–Trinajstić information content (AvgIpc) is 3.11. The highest BCUT2D eigenvalue weighted by atomic mass is 32.2. The zero-order valence-electron chi connectivity index (χ0n) is 16.5. The van der Waals surface area contributed by atoms with Crippen molar-refractivity contribution in [3.8, 4) is 0 Å². The van der Waals surface area contributed by atoms with Gasteiger partial charge in [-0.15, -0.1) is 10.2 Å². The van der Waals surface area contributed by atoms with Crippen LogP contribution in [0.25, 0.3) is 0 Å². The van der Waals surface area contributed by atoms with Crippen LogP contribution in [0.3, 0.4) is 0 Å². The first-order chi connectivity index (χ1) is 13.4. The van der Waals surface area contributed by atoms with Gasteiger partial charge in [-0.2, -0.15) is 0 Å². The summed E-state index contributed by atoms with van der Waals surface area (Å²) in [5.74, 6) is 0.256. The van der Waals surface area contributed by atoms with Gasteiger partial charge in [0.15, 0.2) is 4.34 Å². The van der Waals surface area contributed by atoms with Crippen LogP contribution >= 0.6 is 23.1 Å². The monoisotopic (exact) mass is 412 g/mol. The molecule has 146 valence electrons. The highest BCUT2D eigenvalue weighted by Crippen LogP contribution is 2.28. The number of amides is 1. The topological polar surface area (TPSA) is 66.9 Å². The summed E-state index contributed by atoms with van der Waals surface area (Å²) in [6.45, 7) is 8.21. The molecule has 0 radical (unpaired) electrons. The number of nitrogens with zero attached hydrogens (tertiary/aromatic N) is 2. The third-order valence-corrected chi connectivity index (χ3v) is 6.26. The predicted molar refractivity (Wildman–Crippen MR) is 119 cm³/mol. The lowest BCUT2D eigenvalue weighted by Gasteiger charge is -2.12. The van der Waals surface area contributed by atoms with Gasteiger partial charge in [0.1, 0.15) is 0 Å². The number of hydrogen-bond donors (Lipinski definition) is 2. The van der Waals surface area contributed by atoms with E-state index >= 15 is 0 Å². The molecule has 0 saturated heterocycles. The number of anilines is 3. The second-order valence-electron chi connectivity index (χ2n) is 6.66. The molecule has 5 nitrogen and oxygen atoms in total. The Bertz CT molecular complexity index is 944. The van der Waals surface area contributed by atoms with Crippen molar-refractivity contribution in [1.29, 1.82) is 0 Å². The van der Waals surface area contributed by atoms with Crippen LogP contribution in [0.15, 0.2) is 40.7 Å². The first-order valence-corrected chi connectivity index (χ1v) is 10.9.